The van der Waals surface area contributed by atoms with Crippen molar-refractivity contribution in [3.05, 3.63) is 29.7 Å². The molecule has 3 N–H and O–H groups in total. The second kappa shape index (κ2) is 5.51. The molecule has 0 fully saturated rings. The number of aromatic nitrogens is 1. The molecule has 9 heteroatoms. The van der Waals surface area contributed by atoms with Crippen molar-refractivity contribution >= 4 is 32.4 Å². The van der Waals surface area contributed by atoms with Crippen molar-refractivity contribution in [2.75, 3.05) is 5.32 Å². The summed E-state index contributed by atoms with van der Waals surface area (Å²) in [5, 5.41) is 7.91. The normalized spacial score (nSPS) is 11.4. The lowest BCUT2D eigenvalue weighted by molar-refractivity contribution is -0.114. The van der Waals surface area contributed by atoms with Gasteiger partial charge in [-0.05, 0) is 24.6 Å². The molecule has 21 heavy (non-hydrogen) atoms. The van der Waals surface area contributed by atoms with Crippen molar-refractivity contribution in [2.45, 2.75) is 18.7 Å². The number of amides is 1. The largest absolute Gasteiger partial charge is 0.302 e. The predicted octanol–water partition coefficient (Wildman–Crippen LogP) is 1.86. The molecule has 0 saturated carbocycles. The monoisotopic (exact) mass is 329 g/mol. The second-order valence-electron chi connectivity index (χ2n) is 4.30. The number of primary sulfonamides is 1. The van der Waals surface area contributed by atoms with Crippen LogP contribution in [0, 0.1) is 12.7 Å². The minimum atomic E-state index is -4.15. The molecule has 1 aromatic carbocycles. The summed E-state index contributed by atoms with van der Waals surface area (Å²) in [5.74, 6) is -1.18. The van der Waals surface area contributed by atoms with E-state index >= 15 is 0 Å². The number of sulfonamides is 1. The lowest BCUT2D eigenvalue weighted by Gasteiger charge is -2.04. The average molecular weight is 329 g/mol. The Labute approximate surface area is 124 Å². The summed E-state index contributed by atoms with van der Waals surface area (Å²) in [6, 6.07) is 3.62. The van der Waals surface area contributed by atoms with E-state index in [0.29, 0.717) is 21.3 Å². The van der Waals surface area contributed by atoms with Gasteiger partial charge in [0.1, 0.15) is 10.7 Å². The highest BCUT2D eigenvalue weighted by molar-refractivity contribution is 7.89. The zero-order valence-corrected chi connectivity index (χ0v) is 12.8. The highest BCUT2D eigenvalue weighted by Crippen LogP contribution is 2.34. The fourth-order valence-corrected chi connectivity index (χ4v) is 3.37. The number of rotatable bonds is 3. The standard InChI is InChI=1S/C12H12FN3O3S2/c1-6-11(20-12(15-6)16-7(2)17)8-3-4-9(13)10(5-8)21(14,18)19/h3-5H,1-2H3,(H2,14,18,19)(H,15,16,17). The Balaban J connectivity index is 2.53. The molecule has 2 aromatic rings. The Hall–Kier alpha value is -1.84. The number of benzene rings is 1. The summed E-state index contributed by atoms with van der Waals surface area (Å²) in [7, 11) is -4.15. The fourth-order valence-electron chi connectivity index (χ4n) is 1.73. The molecule has 6 nitrogen and oxygen atoms in total. The van der Waals surface area contributed by atoms with E-state index in [4.69, 9.17) is 5.14 Å². The van der Waals surface area contributed by atoms with Gasteiger partial charge in [0.25, 0.3) is 0 Å². The lowest BCUT2D eigenvalue weighted by atomic mass is 10.1. The molecule has 1 aromatic heterocycles. The van der Waals surface area contributed by atoms with Crippen molar-refractivity contribution in [3.63, 3.8) is 0 Å². The van der Waals surface area contributed by atoms with E-state index in [9.17, 15) is 17.6 Å². The summed E-state index contributed by atoms with van der Waals surface area (Å²) in [5.41, 5.74) is 1.06. The van der Waals surface area contributed by atoms with Crippen LogP contribution in [0.25, 0.3) is 10.4 Å². The summed E-state index contributed by atoms with van der Waals surface area (Å²) < 4.78 is 36.2. The Morgan fingerprint density at radius 1 is 1.43 bits per heavy atom. The summed E-state index contributed by atoms with van der Waals surface area (Å²) in [4.78, 5) is 15.2. The van der Waals surface area contributed by atoms with Crippen molar-refractivity contribution < 1.29 is 17.6 Å². The Bertz CT molecular complexity index is 815. The smallest absolute Gasteiger partial charge is 0.240 e. The van der Waals surface area contributed by atoms with Crippen LogP contribution in [0.3, 0.4) is 0 Å². The molecule has 0 spiro atoms. The van der Waals surface area contributed by atoms with E-state index in [1.54, 1.807) is 6.92 Å². The van der Waals surface area contributed by atoms with Gasteiger partial charge in [-0.15, -0.1) is 0 Å². The van der Waals surface area contributed by atoms with Crippen LogP contribution in [-0.2, 0) is 14.8 Å². The van der Waals surface area contributed by atoms with Crippen LogP contribution in [-0.4, -0.2) is 19.3 Å². The first-order valence-electron chi connectivity index (χ1n) is 5.76. The van der Waals surface area contributed by atoms with Crippen LogP contribution in [0.1, 0.15) is 12.6 Å². The van der Waals surface area contributed by atoms with Gasteiger partial charge in [-0.25, -0.2) is 22.9 Å². The Morgan fingerprint density at radius 3 is 2.67 bits per heavy atom. The fraction of sp³-hybridized carbons (Fsp3) is 0.167. The number of hydrogen-bond acceptors (Lipinski definition) is 5. The van der Waals surface area contributed by atoms with Gasteiger partial charge in [0, 0.05) is 6.92 Å². The third kappa shape index (κ3) is 3.43. The predicted molar refractivity (Wildman–Crippen MR) is 77.9 cm³/mol. The number of thiazole rings is 1. The quantitative estimate of drug-likeness (QED) is 0.897. The number of carbonyl (C=O) groups is 1. The van der Waals surface area contributed by atoms with Crippen LogP contribution in [0.4, 0.5) is 9.52 Å². The van der Waals surface area contributed by atoms with Gasteiger partial charge in [-0.3, -0.25) is 4.79 Å². The molecule has 0 aliphatic heterocycles. The number of halogens is 1. The van der Waals surface area contributed by atoms with Crippen molar-refractivity contribution in [2.24, 2.45) is 5.14 Å². The highest BCUT2D eigenvalue weighted by atomic mass is 32.2. The van der Waals surface area contributed by atoms with E-state index in [-0.39, 0.29) is 5.91 Å². The molecule has 0 saturated heterocycles. The minimum absolute atomic E-state index is 0.264. The van der Waals surface area contributed by atoms with Gasteiger partial charge in [-0.1, -0.05) is 17.4 Å². The number of aryl methyl sites for hydroxylation is 1. The molecular weight excluding hydrogens is 317 g/mol. The van der Waals surface area contributed by atoms with Crippen LogP contribution in [0.5, 0.6) is 0 Å². The van der Waals surface area contributed by atoms with E-state index in [1.807, 2.05) is 0 Å². The Morgan fingerprint density at radius 2 is 2.10 bits per heavy atom. The molecule has 0 atom stereocenters. The molecule has 0 unspecified atom stereocenters. The van der Waals surface area contributed by atoms with Crippen LogP contribution in [0.2, 0.25) is 0 Å². The first-order chi connectivity index (χ1) is 9.68. The maximum atomic E-state index is 13.5. The molecule has 0 aliphatic carbocycles. The number of hydrogen-bond donors (Lipinski definition) is 2. The van der Waals surface area contributed by atoms with Crippen molar-refractivity contribution in [1.29, 1.82) is 0 Å². The van der Waals surface area contributed by atoms with E-state index in [0.717, 1.165) is 23.5 Å². The molecule has 1 heterocycles. The molecule has 2 rings (SSSR count). The molecule has 1 amide bonds. The number of carbonyl (C=O) groups excluding carboxylic acids is 1. The van der Waals surface area contributed by atoms with E-state index < -0.39 is 20.7 Å². The van der Waals surface area contributed by atoms with Crippen LogP contribution < -0.4 is 10.5 Å². The highest BCUT2D eigenvalue weighted by Gasteiger charge is 2.18. The van der Waals surface area contributed by atoms with E-state index in [2.05, 4.69) is 10.3 Å². The maximum absolute atomic E-state index is 13.5. The topological polar surface area (TPSA) is 102 Å². The molecule has 0 bridgehead atoms. The summed E-state index contributed by atoms with van der Waals surface area (Å²) in [6.07, 6.45) is 0. The van der Waals surface area contributed by atoms with Crippen LogP contribution in [0.15, 0.2) is 23.1 Å². The molecular formula is C12H12FN3O3S2. The number of nitrogens with zero attached hydrogens (tertiary/aromatic N) is 1. The zero-order chi connectivity index (χ0) is 15.8. The zero-order valence-electron chi connectivity index (χ0n) is 11.2. The second-order valence-corrected chi connectivity index (χ2v) is 6.83. The van der Waals surface area contributed by atoms with Gasteiger partial charge in [0.15, 0.2) is 5.13 Å². The first kappa shape index (κ1) is 15.5. The summed E-state index contributed by atoms with van der Waals surface area (Å²) >= 11 is 1.16. The van der Waals surface area contributed by atoms with Crippen molar-refractivity contribution in [1.82, 2.24) is 4.98 Å². The SMILES string of the molecule is CC(=O)Nc1nc(C)c(-c2ccc(F)c(S(N)(=O)=O)c2)s1. The van der Waals surface area contributed by atoms with Gasteiger partial charge in [-0.2, -0.15) is 0 Å². The number of nitrogens with one attached hydrogen (secondary N) is 1. The van der Waals surface area contributed by atoms with Gasteiger partial charge in [0.2, 0.25) is 15.9 Å². The van der Waals surface area contributed by atoms with E-state index in [1.165, 1.54) is 13.0 Å². The molecule has 112 valence electrons. The minimum Gasteiger partial charge on any atom is -0.302 e. The van der Waals surface area contributed by atoms with Crippen molar-refractivity contribution in [3.8, 4) is 10.4 Å². The average Bonchev–Trinajstić information content (AvgIpc) is 2.68. The lowest BCUT2D eigenvalue weighted by Crippen LogP contribution is -2.14. The third-order valence-electron chi connectivity index (χ3n) is 2.58. The Kier molecular flexibility index (Phi) is 4.08. The van der Waals surface area contributed by atoms with Gasteiger partial charge in [0.05, 0.1) is 10.6 Å². The molecule has 0 radical (unpaired) electrons. The number of nitrogens with two attached hydrogens (primary N) is 1. The van der Waals surface area contributed by atoms with Crippen LogP contribution >= 0.6 is 11.3 Å². The summed E-state index contributed by atoms with van der Waals surface area (Å²) in [6.45, 7) is 3.06. The van der Waals surface area contributed by atoms with Gasteiger partial charge >= 0.3 is 0 Å². The van der Waals surface area contributed by atoms with Gasteiger partial charge < -0.3 is 5.32 Å². The number of anilines is 1. The maximum Gasteiger partial charge on any atom is 0.240 e. The molecule has 0 aliphatic rings. The third-order valence-corrected chi connectivity index (χ3v) is 4.63. The first-order valence-corrected chi connectivity index (χ1v) is 8.12.